The second-order valence-electron chi connectivity index (χ2n) is 2.86. The summed E-state index contributed by atoms with van der Waals surface area (Å²) in [4.78, 5) is 0. The molecule has 0 aliphatic carbocycles. The van der Waals surface area contributed by atoms with Crippen LogP contribution < -0.4 is 0 Å². The van der Waals surface area contributed by atoms with E-state index in [0.717, 1.165) is 12.1 Å². The van der Waals surface area contributed by atoms with Gasteiger partial charge in [-0.15, -0.1) is 0 Å². The van der Waals surface area contributed by atoms with E-state index in [2.05, 4.69) is 6.92 Å². The van der Waals surface area contributed by atoms with E-state index in [1.165, 1.54) is 0 Å². The highest BCUT2D eigenvalue weighted by molar-refractivity contribution is 5.25. The van der Waals surface area contributed by atoms with Crippen LogP contribution in [0.2, 0.25) is 0 Å². The lowest BCUT2D eigenvalue weighted by molar-refractivity contribution is -0.137. The SMILES string of the molecule is [CH2]COCc1ccc(C(F)(F)F)cc1F. The van der Waals surface area contributed by atoms with Crippen molar-refractivity contribution in [1.82, 2.24) is 0 Å². The molecule has 0 atom stereocenters. The van der Waals surface area contributed by atoms with Crippen molar-refractivity contribution in [3.63, 3.8) is 0 Å². The Balaban J connectivity index is 2.88. The minimum Gasteiger partial charge on any atom is -0.377 e. The van der Waals surface area contributed by atoms with Crippen molar-refractivity contribution in [2.75, 3.05) is 6.61 Å². The summed E-state index contributed by atoms with van der Waals surface area (Å²) in [5.74, 6) is -0.918. The highest BCUT2D eigenvalue weighted by Crippen LogP contribution is 2.30. The first-order chi connectivity index (χ1) is 6.95. The molecule has 5 heteroatoms. The summed E-state index contributed by atoms with van der Waals surface area (Å²) in [5, 5.41) is 0. The van der Waals surface area contributed by atoms with Gasteiger partial charge in [-0.2, -0.15) is 13.2 Å². The van der Waals surface area contributed by atoms with Crippen LogP contribution >= 0.6 is 0 Å². The largest absolute Gasteiger partial charge is 0.416 e. The smallest absolute Gasteiger partial charge is 0.377 e. The molecule has 0 spiro atoms. The Morgan fingerprint density at radius 2 is 1.93 bits per heavy atom. The Morgan fingerprint density at radius 1 is 1.27 bits per heavy atom. The molecule has 1 aromatic rings. The summed E-state index contributed by atoms with van der Waals surface area (Å²) >= 11 is 0. The highest BCUT2D eigenvalue weighted by Gasteiger charge is 2.31. The van der Waals surface area contributed by atoms with Crippen molar-refractivity contribution in [1.29, 1.82) is 0 Å². The second kappa shape index (κ2) is 4.61. The topological polar surface area (TPSA) is 9.23 Å². The minimum atomic E-state index is -4.52. The maximum Gasteiger partial charge on any atom is 0.416 e. The molecule has 0 fully saturated rings. The number of rotatable bonds is 3. The maximum atomic E-state index is 13.1. The zero-order chi connectivity index (χ0) is 11.5. The van der Waals surface area contributed by atoms with E-state index >= 15 is 0 Å². The van der Waals surface area contributed by atoms with Crippen LogP contribution in [0, 0.1) is 12.7 Å². The quantitative estimate of drug-likeness (QED) is 0.712. The average molecular weight is 221 g/mol. The van der Waals surface area contributed by atoms with Crippen molar-refractivity contribution in [3.8, 4) is 0 Å². The van der Waals surface area contributed by atoms with Crippen molar-refractivity contribution < 1.29 is 22.3 Å². The van der Waals surface area contributed by atoms with E-state index in [1.54, 1.807) is 0 Å². The standard InChI is InChI=1S/C10H9F4O/c1-2-15-6-7-3-4-8(5-9(7)11)10(12,13)14/h3-5H,1-2,6H2. The fourth-order valence-corrected chi connectivity index (χ4v) is 1.02. The number of hydrogen-bond donors (Lipinski definition) is 0. The number of halogens is 4. The molecule has 83 valence electrons. The summed E-state index contributed by atoms with van der Waals surface area (Å²) in [7, 11) is 0. The van der Waals surface area contributed by atoms with Crippen LogP contribution in [0.5, 0.6) is 0 Å². The third-order valence-electron chi connectivity index (χ3n) is 1.78. The van der Waals surface area contributed by atoms with Gasteiger partial charge in [0.25, 0.3) is 0 Å². The molecule has 1 aromatic carbocycles. The Bertz CT molecular complexity index is 333. The van der Waals surface area contributed by atoms with Crippen LogP contribution in [0.1, 0.15) is 11.1 Å². The van der Waals surface area contributed by atoms with Gasteiger partial charge in [0.05, 0.1) is 12.2 Å². The minimum absolute atomic E-state index is 0.0759. The molecule has 0 aromatic heterocycles. The third kappa shape index (κ3) is 3.20. The van der Waals surface area contributed by atoms with E-state index in [-0.39, 0.29) is 18.8 Å². The Morgan fingerprint density at radius 3 is 2.40 bits per heavy atom. The number of hydrogen-bond acceptors (Lipinski definition) is 1. The van der Waals surface area contributed by atoms with Gasteiger partial charge in [0.15, 0.2) is 0 Å². The molecule has 0 saturated carbocycles. The normalized spacial score (nSPS) is 11.8. The highest BCUT2D eigenvalue weighted by atomic mass is 19.4. The lowest BCUT2D eigenvalue weighted by atomic mass is 10.1. The van der Waals surface area contributed by atoms with Crippen LogP contribution in [0.4, 0.5) is 17.6 Å². The van der Waals surface area contributed by atoms with Crippen molar-refractivity contribution in [3.05, 3.63) is 42.1 Å². The van der Waals surface area contributed by atoms with Crippen molar-refractivity contribution in [2.24, 2.45) is 0 Å². The summed E-state index contributed by atoms with van der Waals surface area (Å²) in [6, 6.07) is 2.35. The van der Waals surface area contributed by atoms with Crippen LogP contribution in [-0.2, 0) is 17.5 Å². The molecule has 1 radical (unpaired) electrons. The first-order valence-electron chi connectivity index (χ1n) is 4.17. The molecule has 1 rings (SSSR count). The number of ether oxygens (including phenoxy) is 1. The summed E-state index contributed by atoms with van der Waals surface area (Å²) < 4.78 is 54.3. The van der Waals surface area contributed by atoms with Gasteiger partial charge in [0, 0.05) is 12.2 Å². The molecule has 0 heterocycles. The molecule has 0 unspecified atom stereocenters. The lowest BCUT2D eigenvalue weighted by Crippen LogP contribution is -2.06. The van der Waals surface area contributed by atoms with Gasteiger partial charge < -0.3 is 4.74 Å². The average Bonchev–Trinajstić information content (AvgIpc) is 2.14. The third-order valence-corrected chi connectivity index (χ3v) is 1.78. The molecule has 0 saturated heterocycles. The molecule has 0 bridgehead atoms. The van der Waals surface area contributed by atoms with Gasteiger partial charge in [0.2, 0.25) is 0 Å². The Kier molecular flexibility index (Phi) is 3.68. The van der Waals surface area contributed by atoms with Gasteiger partial charge in [-0.1, -0.05) is 6.07 Å². The van der Waals surface area contributed by atoms with Crippen LogP contribution in [0.25, 0.3) is 0 Å². The predicted molar refractivity (Wildman–Crippen MR) is 46.4 cm³/mol. The molecule has 1 nitrogen and oxygen atoms in total. The Hall–Kier alpha value is -1.10. The van der Waals surface area contributed by atoms with Gasteiger partial charge >= 0.3 is 6.18 Å². The van der Waals surface area contributed by atoms with E-state index in [1.807, 2.05) is 0 Å². The summed E-state index contributed by atoms with van der Waals surface area (Å²) in [6.45, 7) is 3.43. The van der Waals surface area contributed by atoms with E-state index in [0.29, 0.717) is 6.07 Å². The van der Waals surface area contributed by atoms with Crippen LogP contribution in [0.15, 0.2) is 18.2 Å². The lowest BCUT2D eigenvalue weighted by Gasteiger charge is -2.08. The zero-order valence-corrected chi connectivity index (χ0v) is 7.77. The molecule has 0 aliphatic heterocycles. The molecule has 0 aliphatic rings. The van der Waals surface area contributed by atoms with Gasteiger partial charge in [0.1, 0.15) is 5.82 Å². The molecule has 0 N–H and O–H groups in total. The fourth-order valence-electron chi connectivity index (χ4n) is 1.02. The predicted octanol–water partition coefficient (Wildman–Crippen LogP) is 3.20. The monoisotopic (exact) mass is 221 g/mol. The summed E-state index contributed by atoms with van der Waals surface area (Å²) in [5.41, 5.74) is -0.912. The Labute approximate surface area is 84.7 Å². The zero-order valence-electron chi connectivity index (χ0n) is 7.77. The first-order valence-corrected chi connectivity index (χ1v) is 4.17. The van der Waals surface area contributed by atoms with Gasteiger partial charge in [-0.3, -0.25) is 0 Å². The summed E-state index contributed by atoms with van der Waals surface area (Å²) in [6.07, 6.45) is -4.52. The fraction of sp³-hybridized carbons (Fsp3) is 0.300. The molecule has 15 heavy (non-hydrogen) atoms. The van der Waals surface area contributed by atoms with Crippen molar-refractivity contribution in [2.45, 2.75) is 12.8 Å². The van der Waals surface area contributed by atoms with E-state index in [4.69, 9.17) is 4.74 Å². The van der Waals surface area contributed by atoms with Crippen molar-refractivity contribution >= 4 is 0 Å². The molecule has 0 amide bonds. The molecular weight excluding hydrogens is 212 g/mol. The molecular formula is C10H9F4O. The van der Waals surface area contributed by atoms with E-state index < -0.39 is 17.6 Å². The first kappa shape index (κ1) is 12.0. The van der Waals surface area contributed by atoms with Gasteiger partial charge in [-0.25, -0.2) is 4.39 Å². The maximum absolute atomic E-state index is 13.1. The second-order valence-corrected chi connectivity index (χ2v) is 2.86. The van der Waals surface area contributed by atoms with Gasteiger partial charge in [-0.05, 0) is 19.1 Å². The number of alkyl halides is 3. The van der Waals surface area contributed by atoms with Crippen LogP contribution in [0.3, 0.4) is 0 Å². The van der Waals surface area contributed by atoms with Crippen LogP contribution in [-0.4, -0.2) is 6.61 Å². The van der Waals surface area contributed by atoms with E-state index in [9.17, 15) is 17.6 Å². The number of benzene rings is 1.